The van der Waals surface area contributed by atoms with Gasteiger partial charge in [-0.05, 0) is 54.7 Å². The van der Waals surface area contributed by atoms with E-state index in [0.717, 1.165) is 69.3 Å². The van der Waals surface area contributed by atoms with Crippen molar-refractivity contribution in [3.63, 3.8) is 0 Å². The van der Waals surface area contributed by atoms with E-state index in [9.17, 15) is 5.26 Å². The average molecular weight is 474 g/mol. The van der Waals surface area contributed by atoms with Gasteiger partial charge in [0.05, 0.1) is 23.3 Å². The lowest BCUT2D eigenvalue weighted by molar-refractivity contribution is -0.660. The van der Waals surface area contributed by atoms with Crippen LogP contribution in [-0.2, 0) is 11.8 Å². The lowest BCUT2D eigenvalue weighted by atomic mass is 9.94. The van der Waals surface area contributed by atoms with Gasteiger partial charge in [-0.3, -0.25) is 0 Å². The van der Waals surface area contributed by atoms with Crippen LogP contribution in [0.3, 0.4) is 0 Å². The maximum absolute atomic E-state index is 10.0. The van der Waals surface area contributed by atoms with Gasteiger partial charge in [0.1, 0.15) is 18.2 Å². The van der Waals surface area contributed by atoms with Crippen LogP contribution < -0.4 is 4.57 Å². The summed E-state index contributed by atoms with van der Waals surface area (Å²) in [5, 5.41) is 12.1. The van der Waals surface area contributed by atoms with E-state index in [2.05, 4.69) is 79.3 Å². The van der Waals surface area contributed by atoms with Gasteiger partial charge in [0, 0.05) is 35.1 Å². The summed E-state index contributed by atoms with van der Waals surface area (Å²) < 4.78 is 14.9. The molecule has 0 radical (unpaired) electrons. The Labute approximate surface area is 211 Å². The van der Waals surface area contributed by atoms with E-state index >= 15 is 0 Å². The number of nitrogens with zero attached hydrogens (tertiary/aromatic N) is 2. The van der Waals surface area contributed by atoms with E-state index in [0.29, 0.717) is 5.56 Å². The molecule has 5 aromatic rings. The molecule has 0 amide bonds. The molecule has 0 aliphatic carbocycles. The Balaban J connectivity index is 1.54. The molecular formula is C32H29N2O2+. The van der Waals surface area contributed by atoms with Crippen molar-refractivity contribution in [2.24, 2.45) is 7.05 Å². The van der Waals surface area contributed by atoms with Crippen LogP contribution in [0.4, 0.5) is 0 Å². The molecule has 1 saturated heterocycles. The zero-order valence-electron chi connectivity index (χ0n) is 20.8. The van der Waals surface area contributed by atoms with Crippen molar-refractivity contribution in [2.75, 3.05) is 6.61 Å². The molecule has 1 unspecified atom stereocenters. The first-order valence-corrected chi connectivity index (χ1v) is 12.7. The van der Waals surface area contributed by atoms with Crippen molar-refractivity contribution in [1.82, 2.24) is 0 Å². The Kier molecular flexibility index (Phi) is 5.79. The minimum absolute atomic E-state index is 0.149. The van der Waals surface area contributed by atoms with Crippen molar-refractivity contribution in [2.45, 2.75) is 38.7 Å². The van der Waals surface area contributed by atoms with Gasteiger partial charge in [-0.2, -0.15) is 5.26 Å². The van der Waals surface area contributed by atoms with Gasteiger partial charge in [0.2, 0.25) is 5.69 Å². The van der Waals surface area contributed by atoms with E-state index in [1.54, 1.807) is 0 Å². The fourth-order valence-electron chi connectivity index (χ4n) is 5.53. The summed E-state index contributed by atoms with van der Waals surface area (Å²) in [4.78, 5) is 0. The van der Waals surface area contributed by atoms with Gasteiger partial charge in [-0.1, -0.05) is 49.2 Å². The average Bonchev–Trinajstić information content (AvgIpc) is 3.07. The molecule has 3 heterocycles. The fourth-order valence-corrected chi connectivity index (χ4v) is 5.53. The number of aryl methyl sites for hydroxylation is 2. The molecule has 0 saturated carbocycles. The van der Waals surface area contributed by atoms with E-state index in [4.69, 9.17) is 9.15 Å². The zero-order valence-corrected chi connectivity index (χ0v) is 20.8. The number of rotatable bonds is 3. The summed E-state index contributed by atoms with van der Waals surface area (Å²) >= 11 is 0. The quantitative estimate of drug-likeness (QED) is 0.254. The topological polar surface area (TPSA) is 50.0 Å². The molecule has 4 heteroatoms. The highest BCUT2D eigenvalue weighted by molar-refractivity contribution is 6.13. The van der Waals surface area contributed by atoms with Crippen LogP contribution in [0.2, 0.25) is 0 Å². The Morgan fingerprint density at radius 1 is 0.861 bits per heavy atom. The first-order chi connectivity index (χ1) is 17.7. The summed E-state index contributed by atoms with van der Waals surface area (Å²) in [6.07, 6.45) is 6.82. The maximum Gasteiger partial charge on any atom is 0.216 e. The summed E-state index contributed by atoms with van der Waals surface area (Å²) in [5.74, 6) is 0. The number of nitriles is 1. The number of hydrogen-bond donors (Lipinski definition) is 0. The Bertz CT molecular complexity index is 1610. The largest absolute Gasteiger partial charge is 0.454 e. The van der Waals surface area contributed by atoms with Gasteiger partial charge in [0.15, 0.2) is 6.20 Å². The number of furan rings is 1. The third-order valence-corrected chi connectivity index (χ3v) is 7.45. The zero-order chi connectivity index (χ0) is 24.6. The number of aromatic nitrogens is 1. The van der Waals surface area contributed by atoms with E-state index in [1.165, 1.54) is 18.4 Å². The van der Waals surface area contributed by atoms with Crippen molar-refractivity contribution < 1.29 is 13.7 Å². The SMILES string of the molecule is Cc1ccc2c(oc3c(-c4ccc(C5CCCCCO5)cc4)c(C#N)ccc32)c1-c1cccc[n+]1C. The molecule has 36 heavy (non-hydrogen) atoms. The van der Waals surface area contributed by atoms with Gasteiger partial charge in [0.25, 0.3) is 0 Å². The molecule has 1 aliphatic heterocycles. The van der Waals surface area contributed by atoms with Crippen molar-refractivity contribution in [3.8, 4) is 28.5 Å². The molecule has 1 aliphatic rings. The Morgan fingerprint density at radius 2 is 1.64 bits per heavy atom. The second kappa shape index (κ2) is 9.26. The maximum atomic E-state index is 10.0. The normalized spacial score (nSPS) is 16.2. The van der Waals surface area contributed by atoms with Crippen molar-refractivity contribution in [3.05, 3.63) is 89.6 Å². The Morgan fingerprint density at radius 3 is 2.42 bits per heavy atom. The molecule has 1 atom stereocenters. The first-order valence-electron chi connectivity index (χ1n) is 12.7. The standard InChI is InChI=1S/C32H29N2O2/c1-21-10-16-25-26-17-15-24(20-33)30(23-13-11-22(12-14-23)28-9-4-3-7-19-35-28)32(26)36-31(25)29(21)27-8-5-6-18-34(27)2/h5-6,8,10-18,28H,3-4,7,9,19H2,1-2H3/q+1. The highest BCUT2D eigenvalue weighted by Gasteiger charge is 2.23. The van der Waals surface area contributed by atoms with Crippen molar-refractivity contribution >= 4 is 21.9 Å². The van der Waals surface area contributed by atoms with Gasteiger partial charge in [-0.15, -0.1) is 0 Å². The smallest absolute Gasteiger partial charge is 0.216 e. The molecule has 0 bridgehead atoms. The third-order valence-electron chi connectivity index (χ3n) is 7.45. The summed E-state index contributed by atoms with van der Waals surface area (Å²) in [5.41, 5.74) is 8.58. The second-order valence-corrected chi connectivity index (χ2v) is 9.74. The summed E-state index contributed by atoms with van der Waals surface area (Å²) in [7, 11) is 2.05. The molecule has 6 rings (SSSR count). The van der Waals surface area contributed by atoms with Crippen LogP contribution in [0.25, 0.3) is 44.3 Å². The van der Waals surface area contributed by atoms with E-state index in [-0.39, 0.29) is 6.10 Å². The Hall–Kier alpha value is -3.94. The predicted molar refractivity (Wildman–Crippen MR) is 142 cm³/mol. The number of ether oxygens (including phenoxy) is 1. The van der Waals surface area contributed by atoms with Crippen LogP contribution in [-0.4, -0.2) is 6.61 Å². The molecule has 1 fully saturated rings. The van der Waals surface area contributed by atoms with E-state index < -0.39 is 0 Å². The molecule has 178 valence electrons. The van der Waals surface area contributed by atoms with Gasteiger partial charge in [-0.25, -0.2) is 4.57 Å². The molecular weight excluding hydrogens is 444 g/mol. The lowest BCUT2D eigenvalue weighted by Crippen LogP contribution is -2.30. The molecule has 3 aromatic carbocycles. The predicted octanol–water partition coefficient (Wildman–Crippen LogP) is 7.56. The van der Waals surface area contributed by atoms with Crippen LogP contribution >= 0.6 is 0 Å². The minimum atomic E-state index is 0.149. The summed E-state index contributed by atoms with van der Waals surface area (Å²) in [6.45, 7) is 2.94. The van der Waals surface area contributed by atoms with E-state index in [1.807, 2.05) is 18.2 Å². The lowest BCUT2D eigenvalue weighted by Gasteiger charge is -2.16. The van der Waals surface area contributed by atoms with Crippen LogP contribution in [0.1, 0.15) is 48.5 Å². The molecule has 4 nitrogen and oxygen atoms in total. The van der Waals surface area contributed by atoms with Gasteiger partial charge < -0.3 is 9.15 Å². The van der Waals surface area contributed by atoms with Crippen LogP contribution in [0.5, 0.6) is 0 Å². The van der Waals surface area contributed by atoms with Crippen LogP contribution in [0, 0.1) is 18.3 Å². The first kappa shape index (κ1) is 22.5. The minimum Gasteiger partial charge on any atom is -0.454 e. The third kappa shape index (κ3) is 3.77. The molecule has 0 spiro atoms. The highest BCUT2D eigenvalue weighted by atomic mass is 16.5. The molecule has 2 aromatic heterocycles. The number of pyridine rings is 1. The number of hydrogen-bond acceptors (Lipinski definition) is 3. The fraction of sp³-hybridized carbons (Fsp3) is 0.250. The summed E-state index contributed by atoms with van der Waals surface area (Å²) in [6, 6.07) is 25.3. The number of benzene rings is 3. The number of fused-ring (bicyclic) bond motifs is 3. The van der Waals surface area contributed by atoms with Crippen molar-refractivity contribution in [1.29, 1.82) is 5.26 Å². The van der Waals surface area contributed by atoms with Crippen LogP contribution in [0.15, 0.2) is 77.3 Å². The van der Waals surface area contributed by atoms with Gasteiger partial charge >= 0.3 is 0 Å². The monoisotopic (exact) mass is 473 g/mol. The second-order valence-electron chi connectivity index (χ2n) is 9.74. The molecule has 0 N–H and O–H groups in total. The highest BCUT2D eigenvalue weighted by Crippen LogP contribution is 2.42.